The van der Waals surface area contributed by atoms with Gasteiger partial charge in [-0.05, 0) is 53.5 Å². The minimum Gasteiger partial charge on any atom is -0.198 e. The van der Waals surface area contributed by atoms with Gasteiger partial charge in [-0.2, -0.15) is 5.26 Å². The molecule has 0 spiro atoms. The summed E-state index contributed by atoms with van der Waals surface area (Å²) in [5.41, 5.74) is 1.42. The van der Waals surface area contributed by atoms with Gasteiger partial charge in [0, 0.05) is 6.42 Å². The molecule has 17 heavy (non-hydrogen) atoms. The Morgan fingerprint density at radius 2 is 1.94 bits per heavy atom. The van der Waals surface area contributed by atoms with Crippen molar-refractivity contribution in [2.45, 2.75) is 32.1 Å². The smallest absolute Gasteiger partial charge is 0.0621 e. The number of aryl methyl sites for hydroxylation is 1. The number of unbranched alkanes of at least 4 members (excludes halogenated alkanes) is 2. The highest BCUT2D eigenvalue weighted by atomic mass is 14.4. The summed E-state index contributed by atoms with van der Waals surface area (Å²) in [7, 11) is 0. The Kier molecular flexibility index (Phi) is 2.73. The van der Waals surface area contributed by atoms with Gasteiger partial charge < -0.3 is 0 Å². The van der Waals surface area contributed by atoms with E-state index in [1.165, 1.54) is 22.4 Å². The summed E-state index contributed by atoms with van der Waals surface area (Å²) in [6.07, 6.45) is 10.2. The summed E-state index contributed by atoms with van der Waals surface area (Å²) in [5, 5.41) is 11.3. The average molecular weight is 223 g/mol. The number of hydrogen-bond donors (Lipinski definition) is 0. The molecule has 86 valence electrons. The fraction of sp³-hybridized carbons (Fsp3) is 0.438. The highest BCUT2D eigenvalue weighted by molar-refractivity contribution is 5.49. The van der Waals surface area contributed by atoms with Crippen molar-refractivity contribution in [3.05, 3.63) is 34.2 Å². The maximum Gasteiger partial charge on any atom is 0.0621 e. The third-order valence-corrected chi connectivity index (χ3v) is 3.83. The normalized spacial score (nSPS) is 23.7. The quantitative estimate of drug-likeness (QED) is 0.717. The van der Waals surface area contributed by atoms with Crippen LogP contribution in [0.5, 0.6) is 0 Å². The van der Waals surface area contributed by atoms with Crippen molar-refractivity contribution >= 4 is 12.2 Å². The highest BCUT2D eigenvalue weighted by Crippen LogP contribution is 2.41. The second-order valence-electron chi connectivity index (χ2n) is 5.23. The van der Waals surface area contributed by atoms with Gasteiger partial charge in [-0.3, -0.25) is 0 Å². The van der Waals surface area contributed by atoms with E-state index in [0.29, 0.717) is 6.42 Å². The van der Waals surface area contributed by atoms with Crippen LogP contribution in [0.4, 0.5) is 0 Å². The van der Waals surface area contributed by atoms with Gasteiger partial charge in [0.25, 0.3) is 0 Å². The summed E-state index contributed by atoms with van der Waals surface area (Å²) in [6.45, 7) is 0. The zero-order valence-corrected chi connectivity index (χ0v) is 10.0. The molecule has 1 fully saturated rings. The fourth-order valence-electron chi connectivity index (χ4n) is 2.69. The van der Waals surface area contributed by atoms with Crippen LogP contribution in [0.25, 0.3) is 12.2 Å². The Bertz CT molecular complexity index is 577. The number of rotatable bonds is 4. The lowest BCUT2D eigenvalue weighted by Gasteiger charge is -2.03. The van der Waals surface area contributed by atoms with E-state index in [0.717, 1.165) is 31.1 Å². The molecule has 2 atom stereocenters. The second kappa shape index (κ2) is 4.37. The summed E-state index contributed by atoms with van der Waals surface area (Å²) in [6, 6.07) is 9.06. The van der Waals surface area contributed by atoms with Crippen LogP contribution in [0.2, 0.25) is 0 Å². The minimum atomic E-state index is 0.689. The van der Waals surface area contributed by atoms with E-state index in [9.17, 15) is 0 Å². The first-order valence-corrected chi connectivity index (χ1v) is 6.56. The third kappa shape index (κ3) is 2.26. The van der Waals surface area contributed by atoms with Gasteiger partial charge in [0.05, 0.1) is 6.07 Å². The summed E-state index contributed by atoms with van der Waals surface area (Å²) < 4.78 is 0. The minimum absolute atomic E-state index is 0.689. The van der Waals surface area contributed by atoms with Crippen molar-refractivity contribution in [1.82, 2.24) is 0 Å². The molecule has 0 aliphatic heterocycles. The lowest BCUT2D eigenvalue weighted by Crippen LogP contribution is -2.27. The summed E-state index contributed by atoms with van der Waals surface area (Å²) >= 11 is 0. The van der Waals surface area contributed by atoms with Crippen LogP contribution in [0.1, 0.15) is 31.2 Å². The van der Waals surface area contributed by atoms with Crippen molar-refractivity contribution in [3.8, 4) is 6.07 Å². The molecule has 1 saturated carbocycles. The molecule has 0 heterocycles. The predicted molar refractivity (Wildman–Crippen MR) is 69.4 cm³/mol. The molecule has 1 aromatic rings. The first-order chi connectivity index (χ1) is 8.36. The van der Waals surface area contributed by atoms with Gasteiger partial charge in [-0.1, -0.05) is 30.4 Å². The molecule has 0 radical (unpaired) electrons. The fourth-order valence-corrected chi connectivity index (χ4v) is 2.69. The predicted octanol–water partition coefficient (Wildman–Crippen LogP) is 2.13. The molecule has 0 amide bonds. The average Bonchev–Trinajstić information content (AvgIpc) is 3.09. The Hall–Kier alpha value is -1.55. The van der Waals surface area contributed by atoms with Crippen LogP contribution in [-0.2, 0) is 6.42 Å². The lowest BCUT2D eigenvalue weighted by molar-refractivity contribution is 0.752. The summed E-state index contributed by atoms with van der Waals surface area (Å²) in [4.78, 5) is 0. The molecule has 0 aromatic heterocycles. The zero-order chi connectivity index (χ0) is 11.7. The van der Waals surface area contributed by atoms with Gasteiger partial charge in [-0.25, -0.2) is 0 Å². The van der Waals surface area contributed by atoms with Crippen LogP contribution in [0.15, 0.2) is 18.2 Å². The molecule has 1 heteroatoms. The van der Waals surface area contributed by atoms with Crippen molar-refractivity contribution < 1.29 is 0 Å². The van der Waals surface area contributed by atoms with Gasteiger partial charge in [-0.15, -0.1) is 0 Å². The number of benzene rings is 1. The number of nitriles is 1. The standard InChI is InChI=1S/C16H17N/c17-7-3-1-2-4-12-5-6-13-9-15-11-16(15)10-14(13)8-12/h5-6,8-10,15-16H,1-4,11H2. The molecule has 2 aliphatic rings. The molecule has 0 saturated heterocycles. The van der Waals surface area contributed by atoms with Gasteiger partial charge in [0.15, 0.2) is 0 Å². The Balaban J connectivity index is 1.74. The third-order valence-electron chi connectivity index (χ3n) is 3.83. The van der Waals surface area contributed by atoms with E-state index in [1.807, 2.05) is 0 Å². The zero-order valence-electron chi connectivity index (χ0n) is 10.0. The van der Waals surface area contributed by atoms with Crippen LogP contribution >= 0.6 is 0 Å². The number of fused-ring (bicyclic) bond motifs is 2. The van der Waals surface area contributed by atoms with E-state index >= 15 is 0 Å². The van der Waals surface area contributed by atoms with E-state index in [1.54, 1.807) is 0 Å². The maximum absolute atomic E-state index is 8.50. The molecule has 2 unspecified atom stereocenters. The molecule has 2 aliphatic carbocycles. The molecule has 1 nitrogen and oxygen atoms in total. The maximum atomic E-state index is 8.50. The first kappa shape index (κ1) is 10.6. The van der Waals surface area contributed by atoms with Crippen LogP contribution in [0, 0.1) is 23.2 Å². The van der Waals surface area contributed by atoms with Gasteiger partial charge in [0.1, 0.15) is 0 Å². The largest absolute Gasteiger partial charge is 0.198 e. The molecular formula is C16H17N. The molecule has 3 rings (SSSR count). The van der Waals surface area contributed by atoms with Crippen molar-refractivity contribution in [2.75, 3.05) is 0 Å². The van der Waals surface area contributed by atoms with E-state index in [4.69, 9.17) is 5.26 Å². The lowest BCUT2D eigenvalue weighted by atomic mass is 10.0. The monoisotopic (exact) mass is 223 g/mol. The summed E-state index contributed by atoms with van der Waals surface area (Å²) in [5.74, 6) is 1.67. The number of nitrogens with zero attached hydrogens (tertiary/aromatic N) is 1. The molecular weight excluding hydrogens is 206 g/mol. The van der Waals surface area contributed by atoms with Crippen LogP contribution < -0.4 is 10.4 Å². The highest BCUT2D eigenvalue weighted by Gasteiger charge is 2.34. The molecule has 0 N–H and O–H groups in total. The SMILES string of the molecule is N#CCCCCc1ccc2c(c1)=CC1CC1C=2. The molecule has 1 aromatic carbocycles. The van der Waals surface area contributed by atoms with Crippen molar-refractivity contribution in [1.29, 1.82) is 5.26 Å². The Morgan fingerprint density at radius 1 is 1.12 bits per heavy atom. The van der Waals surface area contributed by atoms with E-state index in [-0.39, 0.29) is 0 Å². The van der Waals surface area contributed by atoms with E-state index < -0.39 is 0 Å². The van der Waals surface area contributed by atoms with Crippen LogP contribution in [-0.4, -0.2) is 0 Å². The number of hydrogen-bond acceptors (Lipinski definition) is 1. The van der Waals surface area contributed by atoms with Gasteiger partial charge >= 0.3 is 0 Å². The molecule has 0 bridgehead atoms. The second-order valence-corrected chi connectivity index (χ2v) is 5.23. The van der Waals surface area contributed by atoms with E-state index in [2.05, 4.69) is 36.4 Å². The van der Waals surface area contributed by atoms with Gasteiger partial charge in [0.2, 0.25) is 0 Å². The Morgan fingerprint density at radius 3 is 2.76 bits per heavy atom. The Labute approximate surface area is 102 Å². The van der Waals surface area contributed by atoms with Crippen molar-refractivity contribution in [2.24, 2.45) is 11.8 Å². The first-order valence-electron chi connectivity index (χ1n) is 6.56. The van der Waals surface area contributed by atoms with Crippen LogP contribution in [0.3, 0.4) is 0 Å². The topological polar surface area (TPSA) is 23.8 Å². The van der Waals surface area contributed by atoms with Crippen molar-refractivity contribution in [3.63, 3.8) is 0 Å².